The van der Waals surface area contributed by atoms with Gasteiger partial charge in [-0.25, -0.2) is 4.98 Å². The predicted octanol–water partition coefficient (Wildman–Crippen LogP) is 2.53. The summed E-state index contributed by atoms with van der Waals surface area (Å²) in [6, 6.07) is 14.1. The number of nitrogens with two attached hydrogens (primary N) is 1. The van der Waals surface area contributed by atoms with E-state index >= 15 is 0 Å². The second-order valence-electron chi connectivity index (χ2n) is 6.10. The number of aromatic nitrogens is 4. The highest BCUT2D eigenvalue weighted by Crippen LogP contribution is 2.25. The van der Waals surface area contributed by atoms with E-state index in [9.17, 15) is 0 Å². The topological polar surface area (TPSA) is 85.5 Å². The van der Waals surface area contributed by atoms with Crippen molar-refractivity contribution in [3.05, 3.63) is 59.9 Å². The molecule has 5 rings (SSSR count). The molecule has 25 heavy (non-hydrogen) atoms. The largest absolute Gasteiger partial charge is 0.461 e. The number of furan rings is 1. The van der Waals surface area contributed by atoms with E-state index in [0.717, 1.165) is 25.3 Å². The third kappa shape index (κ3) is 2.32. The second kappa shape index (κ2) is 5.34. The molecule has 0 bridgehead atoms. The zero-order chi connectivity index (χ0) is 16.8. The van der Waals surface area contributed by atoms with Gasteiger partial charge in [-0.05, 0) is 29.7 Å². The first-order chi connectivity index (χ1) is 12.3. The van der Waals surface area contributed by atoms with E-state index in [1.54, 1.807) is 16.8 Å². The number of anilines is 2. The quantitative estimate of drug-likeness (QED) is 0.607. The minimum absolute atomic E-state index is 0.316. The summed E-state index contributed by atoms with van der Waals surface area (Å²) in [6.07, 6.45) is 2.59. The number of nitrogen functional groups attached to an aromatic ring is 1. The lowest BCUT2D eigenvalue weighted by molar-refractivity contribution is 0.577. The Kier molecular flexibility index (Phi) is 3.00. The summed E-state index contributed by atoms with van der Waals surface area (Å²) in [7, 11) is 0. The van der Waals surface area contributed by atoms with Crippen LogP contribution in [0.1, 0.15) is 11.1 Å². The predicted molar refractivity (Wildman–Crippen MR) is 94.1 cm³/mol. The normalized spacial score (nSPS) is 14.0. The molecule has 0 atom stereocenters. The minimum atomic E-state index is 0.316. The first-order valence-electron chi connectivity index (χ1n) is 8.17. The number of rotatable bonds is 2. The van der Waals surface area contributed by atoms with Crippen LogP contribution in [0, 0.1) is 0 Å². The molecule has 0 aliphatic carbocycles. The molecule has 1 aliphatic heterocycles. The minimum Gasteiger partial charge on any atom is -0.461 e. The van der Waals surface area contributed by atoms with Crippen molar-refractivity contribution >= 4 is 17.4 Å². The zero-order valence-electron chi connectivity index (χ0n) is 13.5. The zero-order valence-corrected chi connectivity index (χ0v) is 13.5. The van der Waals surface area contributed by atoms with Crippen LogP contribution in [0.2, 0.25) is 0 Å². The molecule has 0 amide bonds. The van der Waals surface area contributed by atoms with Crippen LogP contribution < -0.4 is 10.6 Å². The van der Waals surface area contributed by atoms with Crippen molar-refractivity contribution in [2.75, 3.05) is 17.2 Å². The molecular formula is C18H16N6O. The van der Waals surface area contributed by atoms with Gasteiger partial charge in [-0.2, -0.15) is 9.50 Å². The van der Waals surface area contributed by atoms with Gasteiger partial charge in [0.05, 0.1) is 6.26 Å². The molecule has 1 aliphatic rings. The molecule has 0 unspecified atom stereocenters. The molecule has 7 nitrogen and oxygen atoms in total. The Morgan fingerprint density at radius 1 is 1.04 bits per heavy atom. The summed E-state index contributed by atoms with van der Waals surface area (Å²) in [6.45, 7) is 1.72. The molecule has 0 spiro atoms. The Hall–Kier alpha value is -3.35. The lowest BCUT2D eigenvalue weighted by Crippen LogP contribution is -2.31. The van der Waals surface area contributed by atoms with E-state index < -0.39 is 0 Å². The summed E-state index contributed by atoms with van der Waals surface area (Å²) in [5, 5.41) is 4.38. The number of hydrogen-bond donors (Lipinski definition) is 1. The number of hydrogen-bond acceptors (Lipinski definition) is 6. The Morgan fingerprint density at radius 3 is 2.76 bits per heavy atom. The van der Waals surface area contributed by atoms with Crippen molar-refractivity contribution < 1.29 is 4.42 Å². The lowest BCUT2D eigenvalue weighted by atomic mass is 10.00. The van der Waals surface area contributed by atoms with Crippen LogP contribution in [-0.4, -0.2) is 26.1 Å². The maximum atomic E-state index is 6.12. The van der Waals surface area contributed by atoms with Crippen molar-refractivity contribution in [1.82, 2.24) is 19.6 Å². The maximum absolute atomic E-state index is 6.12. The second-order valence-corrected chi connectivity index (χ2v) is 6.10. The van der Waals surface area contributed by atoms with Gasteiger partial charge in [-0.15, -0.1) is 5.10 Å². The van der Waals surface area contributed by atoms with Gasteiger partial charge in [-0.1, -0.05) is 24.3 Å². The molecule has 0 saturated heterocycles. The SMILES string of the molecule is Nc1nc(N2CCc3ccccc3C2)cc2nc(-c3ccco3)nn12. The van der Waals surface area contributed by atoms with E-state index in [-0.39, 0.29) is 0 Å². The number of fused-ring (bicyclic) bond motifs is 2. The van der Waals surface area contributed by atoms with Crippen LogP contribution in [0.15, 0.2) is 53.1 Å². The van der Waals surface area contributed by atoms with Gasteiger partial charge in [-0.3, -0.25) is 0 Å². The molecular weight excluding hydrogens is 316 g/mol. The van der Waals surface area contributed by atoms with Gasteiger partial charge in [0.15, 0.2) is 11.4 Å². The van der Waals surface area contributed by atoms with Crippen LogP contribution in [-0.2, 0) is 13.0 Å². The first-order valence-corrected chi connectivity index (χ1v) is 8.17. The average molecular weight is 332 g/mol. The molecule has 4 heterocycles. The van der Waals surface area contributed by atoms with Gasteiger partial charge in [0.1, 0.15) is 5.82 Å². The van der Waals surface area contributed by atoms with E-state index in [1.807, 2.05) is 12.1 Å². The van der Waals surface area contributed by atoms with E-state index in [0.29, 0.717) is 23.2 Å². The fraction of sp³-hybridized carbons (Fsp3) is 0.167. The van der Waals surface area contributed by atoms with Crippen molar-refractivity contribution in [2.24, 2.45) is 0 Å². The Bertz CT molecular complexity index is 1050. The Balaban J connectivity index is 1.54. The van der Waals surface area contributed by atoms with Gasteiger partial charge >= 0.3 is 0 Å². The summed E-state index contributed by atoms with van der Waals surface area (Å²) in [5.74, 6) is 2.24. The molecule has 2 N–H and O–H groups in total. The molecule has 7 heteroatoms. The number of benzene rings is 1. The highest BCUT2D eigenvalue weighted by molar-refractivity contribution is 5.60. The molecule has 3 aromatic heterocycles. The smallest absolute Gasteiger partial charge is 0.225 e. The van der Waals surface area contributed by atoms with Crippen LogP contribution >= 0.6 is 0 Å². The summed E-state index contributed by atoms with van der Waals surface area (Å²) in [4.78, 5) is 11.3. The average Bonchev–Trinajstić information content (AvgIpc) is 3.30. The van der Waals surface area contributed by atoms with Crippen molar-refractivity contribution in [2.45, 2.75) is 13.0 Å². The van der Waals surface area contributed by atoms with Gasteiger partial charge in [0, 0.05) is 19.2 Å². The van der Waals surface area contributed by atoms with Crippen molar-refractivity contribution in [3.8, 4) is 11.6 Å². The Morgan fingerprint density at radius 2 is 1.92 bits per heavy atom. The van der Waals surface area contributed by atoms with Gasteiger partial charge in [0.2, 0.25) is 11.8 Å². The molecule has 0 radical (unpaired) electrons. The summed E-state index contributed by atoms with van der Waals surface area (Å²) < 4.78 is 6.91. The van der Waals surface area contributed by atoms with Crippen molar-refractivity contribution in [3.63, 3.8) is 0 Å². The summed E-state index contributed by atoms with van der Waals surface area (Å²) in [5.41, 5.74) is 9.50. The summed E-state index contributed by atoms with van der Waals surface area (Å²) >= 11 is 0. The number of nitrogens with zero attached hydrogens (tertiary/aromatic N) is 5. The highest BCUT2D eigenvalue weighted by Gasteiger charge is 2.19. The lowest BCUT2D eigenvalue weighted by Gasteiger charge is -2.29. The van der Waals surface area contributed by atoms with Crippen LogP contribution in [0.3, 0.4) is 0 Å². The van der Waals surface area contributed by atoms with Gasteiger partial charge < -0.3 is 15.1 Å². The molecule has 124 valence electrons. The molecule has 4 aromatic rings. The molecule has 1 aromatic carbocycles. The maximum Gasteiger partial charge on any atom is 0.225 e. The van der Waals surface area contributed by atoms with Crippen LogP contribution in [0.5, 0.6) is 0 Å². The third-order valence-corrected chi connectivity index (χ3v) is 4.53. The fourth-order valence-corrected chi connectivity index (χ4v) is 3.26. The Labute approximate surface area is 143 Å². The van der Waals surface area contributed by atoms with Crippen LogP contribution in [0.25, 0.3) is 17.2 Å². The molecule has 0 fully saturated rings. The first kappa shape index (κ1) is 14.0. The monoisotopic (exact) mass is 332 g/mol. The fourth-order valence-electron chi connectivity index (χ4n) is 3.26. The van der Waals surface area contributed by atoms with Crippen LogP contribution in [0.4, 0.5) is 11.8 Å². The third-order valence-electron chi connectivity index (χ3n) is 4.53. The highest BCUT2D eigenvalue weighted by atomic mass is 16.3. The van der Waals surface area contributed by atoms with E-state index in [1.165, 1.54) is 11.1 Å². The van der Waals surface area contributed by atoms with E-state index in [2.05, 4.69) is 44.2 Å². The van der Waals surface area contributed by atoms with E-state index in [4.69, 9.17) is 10.2 Å². The van der Waals surface area contributed by atoms with Gasteiger partial charge in [0.25, 0.3) is 0 Å². The molecule has 0 saturated carbocycles. The van der Waals surface area contributed by atoms with Crippen molar-refractivity contribution in [1.29, 1.82) is 0 Å². The standard InChI is InChI=1S/C18H16N6O/c19-18-21-15(23-8-7-12-4-1-2-5-13(12)11-23)10-16-20-17(22-24(16)18)14-6-3-9-25-14/h1-6,9-10H,7-8,11H2,(H2,19,21).